The van der Waals surface area contributed by atoms with Crippen molar-refractivity contribution in [2.75, 3.05) is 47.4 Å². The Morgan fingerprint density at radius 3 is 2.62 bits per heavy atom. The Kier molecular flexibility index (Phi) is 12.6. The molecule has 1 aliphatic heterocycles. The summed E-state index contributed by atoms with van der Waals surface area (Å²) in [5.74, 6) is 1.12. The molecule has 48 heavy (non-hydrogen) atoms. The molecule has 4 rings (SSSR count). The van der Waals surface area contributed by atoms with E-state index in [1.807, 2.05) is 17.2 Å². The number of carbonyl (C=O) groups excluding carboxylic acids is 2. The Balaban J connectivity index is 1.82. The first-order chi connectivity index (χ1) is 22.9. The maximum atomic E-state index is 13.4. The molecule has 1 saturated carbocycles. The fourth-order valence-corrected chi connectivity index (χ4v) is 7.62. The van der Waals surface area contributed by atoms with E-state index in [9.17, 15) is 20.0 Å². The van der Waals surface area contributed by atoms with Crippen LogP contribution in [0.15, 0.2) is 46.0 Å². The number of nitrogens with one attached hydrogen (secondary N) is 1. The number of benzene rings is 1. The Hall–Kier alpha value is -3.52. The summed E-state index contributed by atoms with van der Waals surface area (Å²) >= 11 is 0. The Morgan fingerprint density at radius 2 is 2.00 bits per heavy atom. The van der Waals surface area contributed by atoms with Gasteiger partial charge in [-0.1, -0.05) is 28.9 Å². The number of hydrogen-bond acceptors (Lipinski definition) is 7. The minimum atomic E-state index is -0.703. The maximum absolute atomic E-state index is 13.4. The van der Waals surface area contributed by atoms with Gasteiger partial charge in [-0.2, -0.15) is 5.26 Å². The van der Waals surface area contributed by atoms with Gasteiger partial charge in [0.05, 0.1) is 44.3 Å². The van der Waals surface area contributed by atoms with Gasteiger partial charge in [-0.05, 0) is 115 Å². The third-order valence-electron chi connectivity index (χ3n) is 10.1. The Labute approximate surface area is 287 Å². The highest BCUT2D eigenvalue weighted by Gasteiger charge is 2.54. The molecule has 1 aromatic carbocycles. The molecule has 0 aromatic heterocycles. The number of allylic oxidation sites excluding steroid dienone is 4. The number of nitriles is 1. The molecule has 2 N–H and O–H groups in total. The molecule has 4 atom stereocenters. The average Bonchev–Trinajstić information content (AvgIpc) is 3.71. The van der Waals surface area contributed by atoms with Crippen LogP contribution in [-0.2, 0) is 21.5 Å². The monoisotopic (exact) mass is 660 g/mol. The van der Waals surface area contributed by atoms with Crippen LogP contribution in [0.25, 0.3) is 0 Å². The molecule has 2 fully saturated rings. The van der Waals surface area contributed by atoms with Gasteiger partial charge in [0.15, 0.2) is 0 Å². The number of fused-ring (bicyclic) bond motifs is 2. The van der Waals surface area contributed by atoms with Crippen LogP contribution in [0.4, 0.5) is 0 Å². The summed E-state index contributed by atoms with van der Waals surface area (Å²) in [5.41, 5.74) is 6.02. The summed E-state index contributed by atoms with van der Waals surface area (Å²) in [5, 5.41) is 24.9. The van der Waals surface area contributed by atoms with Crippen molar-refractivity contribution in [2.45, 2.75) is 103 Å². The number of hydroxylamine groups is 2. The number of aryl methyl sites for hydroxylation is 1. The molecule has 10 heteroatoms. The van der Waals surface area contributed by atoms with Crippen molar-refractivity contribution in [1.82, 2.24) is 20.2 Å². The highest BCUT2D eigenvalue weighted by molar-refractivity contribution is 5.96. The molecule has 3 aliphatic rings. The van der Waals surface area contributed by atoms with E-state index in [1.165, 1.54) is 16.7 Å². The lowest BCUT2D eigenvalue weighted by Crippen LogP contribution is -2.52. The second-order valence-corrected chi connectivity index (χ2v) is 14.4. The van der Waals surface area contributed by atoms with Gasteiger partial charge in [-0.25, -0.2) is 5.06 Å². The zero-order valence-electron chi connectivity index (χ0n) is 30.3. The van der Waals surface area contributed by atoms with Crippen molar-refractivity contribution in [3.8, 4) is 6.07 Å². The molecule has 1 heterocycles. The van der Waals surface area contributed by atoms with Crippen LogP contribution in [0.3, 0.4) is 0 Å². The molecule has 1 aromatic rings. The quantitative estimate of drug-likeness (QED) is 0.103. The van der Waals surface area contributed by atoms with Gasteiger partial charge >= 0.3 is 0 Å². The number of hydrogen-bond donors (Lipinski definition) is 2. The zero-order valence-corrected chi connectivity index (χ0v) is 30.3. The summed E-state index contributed by atoms with van der Waals surface area (Å²) in [6, 6.07) is 8.18. The van der Waals surface area contributed by atoms with E-state index in [-0.39, 0.29) is 49.6 Å². The highest BCUT2D eigenvalue weighted by Crippen LogP contribution is 2.48. The first-order valence-corrected chi connectivity index (χ1v) is 17.4. The molecule has 4 unspecified atom stereocenters. The number of amides is 2. The molecule has 10 nitrogen and oxygen atoms in total. The lowest BCUT2D eigenvalue weighted by atomic mass is 9.67. The fraction of sp³-hybridized carbons (Fsp3) is 0.632. The van der Waals surface area contributed by atoms with Crippen molar-refractivity contribution >= 4 is 17.6 Å². The van der Waals surface area contributed by atoms with Crippen molar-refractivity contribution in [3.63, 3.8) is 0 Å². The smallest absolute Gasteiger partial charge is 0.253 e. The van der Waals surface area contributed by atoms with Gasteiger partial charge in [-0.15, -0.1) is 0 Å². The third-order valence-corrected chi connectivity index (χ3v) is 10.1. The van der Waals surface area contributed by atoms with Gasteiger partial charge in [0.1, 0.15) is 11.9 Å². The van der Waals surface area contributed by atoms with Crippen LogP contribution < -0.4 is 5.32 Å². The maximum Gasteiger partial charge on any atom is 0.253 e. The summed E-state index contributed by atoms with van der Waals surface area (Å²) in [6.07, 6.45) is 7.78. The number of likely N-dealkylation sites (tertiary alicyclic amines) is 1. The van der Waals surface area contributed by atoms with E-state index in [4.69, 9.17) is 9.83 Å². The molecule has 2 aliphatic carbocycles. The summed E-state index contributed by atoms with van der Waals surface area (Å²) in [6.45, 7) is 11.3. The largest absolute Gasteiger partial charge is 0.394 e. The number of aliphatic imine (C=N–C) groups is 1. The molecular weight excluding hydrogens is 604 g/mol. The molecule has 1 saturated heterocycles. The Bertz CT molecular complexity index is 1470. The lowest BCUT2D eigenvalue weighted by Gasteiger charge is -2.44. The minimum Gasteiger partial charge on any atom is -0.394 e. The third kappa shape index (κ3) is 8.19. The van der Waals surface area contributed by atoms with Crippen LogP contribution in [0, 0.1) is 17.2 Å². The van der Waals surface area contributed by atoms with Crippen molar-refractivity contribution in [2.24, 2.45) is 10.9 Å². The van der Waals surface area contributed by atoms with Crippen LogP contribution >= 0.6 is 0 Å². The van der Waals surface area contributed by atoms with Gasteiger partial charge < -0.3 is 20.2 Å². The van der Waals surface area contributed by atoms with Gasteiger partial charge in [0.2, 0.25) is 5.91 Å². The zero-order chi connectivity index (χ0) is 35.2. The molecule has 0 bridgehead atoms. The molecule has 0 radical (unpaired) electrons. The number of piperidine rings is 1. The SMILES string of the molecule is CON(C(=NCCO)C1(CCNCC(=O)N2C(C#N)CC3CC32)C/C(C)=C(/CC=C(C)C)CCc2cc(C(=O)N(C)C)ccc21)C(C)C. The van der Waals surface area contributed by atoms with Crippen molar-refractivity contribution in [3.05, 3.63) is 57.7 Å². The number of carbonyl (C=O) groups is 2. The summed E-state index contributed by atoms with van der Waals surface area (Å²) in [7, 11) is 5.18. The predicted octanol–water partition coefficient (Wildman–Crippen LogP) is 4.79. The normalized spacial score (nSPS) is 25.1. The number of aliphatic hydroxyl groups is 1. The number of rotatable bonds is 13. The standard InChI is InChI=1S/C38H56N6O4/c1-25(2)9-10-28-11-12-29-19-30(36(47)42(6)7)13-14-33(29)38(22-27(28)5,37(41-17-18-45)44(48-8)26(3)4)15-16-40-24-35(46)43-32(23-39)20-31-21-34(31)43/h9,13-14,19,26,31-32,34,40,45H,10-12,15-18,20-22,24H2,1-8H3/b28-27-,41-37?. The second-order valence-electron chi connectivity index (χ2n) is 14.4. The first kappa shape index (κ1) is 37.3. The van der Waals surface area contributed by atoms with E-state index in [1.54, 1.807) is 31.0 Å². The van der Waals surface area contributed by atoms with Crippen LogP contribution in [-0.4, -0.2) is 103 Å². The molecule has 2 amide bonds. The van der Waals surface area contributed by atoms with E-state index in [0.29, 0.717) is 30.9 Å². The van der Waals surface area contributed by atoms with E-state index in [0.717, 1.165) is 49.1 Å². The van der Waals surface area contributed by atoms with Gasteiger partial charge in [0, 0.05) is 25.7 Å². The van der Waals surface area contributed by atoms with E-state index >= 15 is 0 Å². The summed E-state index contributed by atoms with van der Waals surface area (Å²) in [4.78, 5) is 41.0. The topological polar surface area (TPSA) is 121 Å². The van der Waals surface area contributed by atoms with E-state index in [2.05, 4.69) is 58.1 Å². The minimum absolute atomic E-state index is 0.0274. The second kappa shape index (κ2) is 16.3. The average molecular weight is 661 g/mol. The number of aliphatic hydroxyl groups excluding tert-OH is 1. The van der Waals surface area contributed by atoms with Crippen LogP contribution in [0.1, 0.15) is 94.6 Å². The van der Waals surface area contributed by atoms with E-state index < -0.39 is 5.41 Å². The molecule has 262 valence electrons. The Morgan fingerprint density at radius 1 is 1.25 bits per heavy atom. The molecular formula is C38H56N6O4. The number of amidine groups is 1. The van der Waals surface area contributed by atoms with Gasteiger partial charge in [-0.3, -0.25) is 19.4 Å². The van der Waals surface area contributed by atoms with Crippen LogP contribution in [0.2, 0.25) is 0 Å². The lowest BCUT2D eigenvalue weighted by molar-refractivity contribution is -0.131. The van der Waals surface area contributed by atoms with Crippen molar-refractivity contribution < 1.29 is 19.5 Å². The van der Waals surface area contributed by atoms with Crippen molar-refractivity contribution in [1.29, 1.82) is 5.26 Å². The fourth-order valence-electron chi connectivity index (χ4n) is 7.62. The summed E-state index contributed by atoms with van der Waals surface area (Å²) < 4.78 is 0. The number of nitrogens with zero attached hydrogens (tertiary/aromatic N) is 5. The van der Waals surface area contributed by atoms with Crippen LogP contribution in [0.5, 0.6) is 0 Å². The highest BCUT2D eigenvalue weighted by atomic mass is 16.7. The molecule has 0 spiro atoms. The first-order valence-electron chi connectivity index (χ1n) is 17.4. The predicted molar refractivity (Wildman–Crippen MR) is 189 cm³/mol. The van der Waals surface area contributed by atoms with Gasteiger partial charge in [0.25, 0.3) is 5.91 Å².